The quantitative estimate of drug-likeness (QED) is 0.737. The summed E-state index contributed by atoms with van der Waals surface area (Å²) in [5.41, 5.74) is 1.34. The first kappa shape index (κ1) is 19.3. The highest BCUT2D eigenvalue weighted by molar-refractivity contribution is 5.79. The molecule has 1 fully saturated rings. The third-order valence-corrected chi connectivity index (χ3v) is 7.41. The standard InChI is InChI=1S/C24H30N4O2/c29-22(20-8-4-5-9-20)26-15-12-24(13-16-26)11-10-21-25-28(23(30)27(21)17-14-24)18-19-6-2-1-3-7-19/h1-7,20H,8-18H2. The molecule has 30 heavy (non-hydrogen) atoms. The van der Waals surface area contributed by atoms with E-state index in [1.54, 1.807) is 4.68 Å². The molecule has 0 radical (unpaired) electrons. The summed E-state index contributed by atoms with van der Waals surface area (Å²) in [6.07, 6.45) is 11.1. The fraction of sp³-hybridized carbons (Fsp3) is 0.542. The van der Waals surface area contributed by atoms with Crippen LogP contribution in [-0.2, 0) is 24.3 Å². The molecule has 1 aromatic heterocycles. The van der Waals surface area contributed by atoms with Crippen molar-refractivity contribution in [1.29, 1.82) is 0 Å². The number of carbonyl (C=O) groups is 1. The van der Waals surface area contributed by atoms with Crippen LogP contribution in [0.25, 0.3) is 0 Å². The smallest absolute Gasteiger partial charge is 0.342 e. The third kappa shape index (κ3) is 3.64. The second kappa shape index (κ2) is 7.89. The zero-order chi connectivity index (χ0) is 20.6. The lowest BCUT2D eigenvalue weighted by molar-refractivity contribution is -0.137. The molecular weight excluding hydrogens is 376 g/mol. The molecule has 6 nitrogen and oxygen atoms in total. The summed E-state index contributed by atoms with van der Waals surface area (Å²) in [5.74, 6) is 1.42. The minimum absolute atomic E-state index is 0.00671. The summed E-state index contributed by atoms with van der Waals surface area (Å²) >= 11 is 0. The fourth-order valence-corrected chi connectivity index (χ4v) is 5.38. The molecule has 1 spiro atoms. The predicted octanol–water partition coefficient (Wildman–Crippen LogP) is 3.00. The van der Waals surface area contributed by atoms with Crippen molar-refractivity contribution < 1.29 is 4.79 Å². The lowest BCUT2D eigenvalue weighted by Crippen LogP contribution is -2.45. The van der Waals surface area contributed by atoms with Gasteiger partial charge in [0.15, 0.2) is 0 Å². The molecule has 6 heteroatoms. The van der Waals surface area contributed by atoms with E-state index >= 15 is 0 Å². The molecule has 1 aromatic carbocycles. The Balaban J connectivity index is 1.23. The van der Waals surface area contributed by atoms with Crippen LogP contribution in [0.15, 0.2) is 47.3 Å². The number of piperidine rings is 1. The second-order valence-corrected chi connectivity index (χ2v) is 9.21. The molecule has 0 atom stereocenters. The molecule has 0 unspecified atom stereocenters. The number of hydrogen-bond donors (Lipinski definition) is 0. The third-order valence-electron chi connectivity index (χ3n) is 7.41. The summed E-state index contributed by atoms with van der Waals surface area (Å²) in [6.45, 7) is 2.98. The first-order chi connectivity index (χ1) is 14.6. The van der Waals surface area contributed by atoms with Crippen LogP contribution in [0.2, 0.25) is 0 Å². The van der Waals surface area contributed by atoms with Gasteiger partial charge >= 0.3 is 5.69 Å². The molecule has 3 aliphatic rings. The van der Waals surface area contributed by atoms with Gasteiger partial charge in [0.05, 0.1) is 6.54 Å². The number of aromatic nitrogens is 3. The van der Waals surface area contributed by atoms with Gasteiger partial charge in [-0.2, -0.15) is 5.10 Å². The zero-order valence-corrected chi connectivity index (χ0v) is 17.5. The van der Waals surface area contributed by atoms with Crippen LogP contribution in [0.4, 0.5) is 0 Å². The van der Waals surface area contributed by atoms with E-state index in [1.165, 1.54) is 0 Å². The van der Waals surface area contributed by atoms with Crippen LogP contribution >= 0.6 is 0 Å². The lowest BCUT2D eigenvalue weighted by atomic mass is 9.72. The largest absolute Gasteiger partial charge is 0.346 e. The fourth-order valence-electron chi connectivity index (χ4n) is 5.38. The number of nitrogens with zero attached hydrogens (tertiary/aromatic N) is 4. The van der Waals surface area contributed by atoms with Crippen LogP contribution in [0.1, 0.15) is 49.9 Å². The van der Waals surface area contributed by atoms with Gasteiger partial charge in [0.25, 0.3) is 0 Å². The maximum absolute atomic E-state index is 12.9. The van der Waals surface area contributed by atoms with Gasteiger partial charge in [-0.05, 0) is 49.5 Å². The summed E-state index contributed by atoms with van der Waals surface area (Å²) in [5, 5.41) is 4.67. The van der Waals surface area contributed by atoms with Crippen LogP contribution in [0, 0.1) is 11.3 Å². The SMILES string of the molecule is O=C(C1CC=CC1)N1CCC2(CCc3nn(Cc4ccccc4)c(=O)n3CC2)CC1. The molecule has 5 rings (SSSR count). The van der Waals surface area contributed by atoms with Crippen molar-refractivity contribution >= 4 is 5.91 Å². The van der Waals surface area contributed by atoms with E-state index in [0.717, 1.165) is 76.0 Å². The first-order valence-corrected chi connectivity index (χ1v) is 11.3. The highest BCUT2D eigenvalue weighted by Crippen LogP contribution is 2.41. The van der Waals surface area contributed by atoms with Gasteiger partial charge in [-0.25, -0.2) is 9.48 Å². The van der Waals surface area contributed by atoms with Crippen LogP contribution in [0.3, 0.4) is 0 Å². The number of likely N-dealkylation sites (tertiary alicyclic amines) is 1. The number of benzene rings is 1. The summed E-state index contributed by atoms with van der Waals surface area (Å²) < 4.78 is 3.50. The Bertz CT molecular complexity index is 988. The molecule has 2 aromatic rings. The van der Waals surface area contributed by atoms with E-state index < -0.39 is 0 Å². The molecule has 1 saturated heterocycles. The molecule has 3 heterocycles. The minimum Gasteiger partial charge on any atom is -0.342 e. The van der Waals surface area contributed by atoms with Crippen molar-refractivity contribution in [3.63, 3.8) is 0 Å². The Labute approximate surface area is 177 Å². The van der Waals surface area contributed by atoms with Gasteiger partial charge in [0, 0.05) is 32.0 Å². The van der Waals surface area contributed by atoms with Crippen molar-refractivity contribution in [2.24, 2.45) is 11.3 Å². The normalized spacial score (nSPS) is 21.0. The van der Waals surface area contributed by atoms with Gasteiger partial charge < -0.3 is 4.90 Å². The maximum atomic E-state index is 12.9. The van der Waals surface area contributed by atoms with E-state index in [9.17, 15) is 9.59 Å². The molecule has 158 valence electrons. The van der Waals surface area contributed by atoms with Crippen LogP contribution in [0.5, 0.6) is 0 Å². The minimum atomic E-state index is 0.00671. The van der Waals surface area contributed by atoms with Gasteiger partial charge in [-0.3, -0.25) is 9.36 Å². The van der Waals surface area contributed by atoms with Crippen molar-refractivity contribution in [3.8, 4) is 0 Å². The number of carbonyl (C=O) groups excluding carboxylic acids is 1. The number of rotatable bonds is 3. The second-order valence-electron chi connectivity index (χ2n) is 9.21. The Kier molecular flexibility index (Phi) is 5.09. The van der Waals surface area contributed by atoms with Crippen molar-refractivity contribution in [3.05, 3.63) is 64.4 Å². The molecule has 0 saturated carbocycles. The molecule has 0 N–H and O–H groups in total. The summed E-state index contributed by atoms with van der Waals surface area (Å²) in [6, 6.07) is 10.0. The Hall–Kier alpha value is -2.63. The Morgan fingerprint density at radius 3 is 2.43 bits per heavy atom. The van der Waals surface area contributed by atoms with E-state index in [-0.39, 0.29) is 17.0 Å². The maximum Gasteiger partial charge on any atom is 0.346 e. The molecule has 1 amide bonds. The van der Waals surface area contributed by atoms with E-state index in [1.807, 2.05) is 34.9 Å². The average Bonchev–Trinajstić information content (AvgIpc) is 3.37. The van der Waals surface area contributed by atoms with Gasteiger partial charge in [0.2, 0.25) is 5.91 Å². The monoisotopic (exact) mass is 406 g/mol. The van der Waals surface area contributed by atoms with Crippen molar-refractivity contribution in [2.75, 3.05) is 13.1 Å². The molecular formula is C24H30N4O2. The Morgan fingerprint density at radius 1 is 1.00 bits per heavy atom. The number of allylic oxidation sites excluding steroid dienone is 2. The highest BCUT2D eigenvalue weighted by Gasteiger charge is 2.39. The number of fused-ring (bicyclic) bond motifs is 1. The number of amides is 1. The van der Waals surface area contributed by atoms with E-state index in [0.29, 0.717) is 12.5 Å². The van der Waals surface area contributed by atoms with Crippen molar-refractivity contribution in [1.82, 2.24) is 19.2 Å². The van der Waals surface area contributed by atoms with E-state index in [4.69, 9.17) is 0 Å². The molecule has 2 aliphatic heterocycles. The van der Waals surface area contributed by atoms with Crippen molar-refractivity contribution in [2.45, 2.75) is 58.0 Å². The lowest BCUT2D eigenvalue weighted by Gasteiger charge is -2.42. The average molecular weight is 407 g/mol. The molecule has 1 aliphatic carbocycles. The highest BCUT2D eigenvalue weighted by atomic mass is 16.2. The number of hydrogen-bond acceptors (Lipinski definition) is 3. The Morgan fingerprint density at radius 2 is 1.70 bits per heavy atom. The van der Waals surface area contributed by atoms with Gasteiger partial charge in [0.1, 0.15) is 5.82 Å². The summed E-state index contributed by atoms with van der Waals surface area (Å²) in [4.78, 5) is 27.8. The van der Waals surface area contributed by atoms with Crippen LogP contribution in [-0.4, -0.2) is 38.2 Å². The van der Waals surface area contributed by atoms with Gasteiger partial charge in [-0.15, -0.1) is 0 Å². The molecule has 0 bridgehead atoms. The summed E-state index contributed by atoms with van der Waals surface area (Å²) in [7, 11) is 0. The van der Waals surface area contributed by atoms with Gasteiger partial charge in [-0.1, -0.05) is 42.5 Å². The first-order valence-electron chi connectivity index (χ1n) is 11.3. The van der Waals surface area contributed by atoms with Crippen LogP contribution < -0.4 is 5.69 Å². The topological polar surface area (TPSA) is 60.1 Å². The number of aryl methyl sites for hydroxylation is 1. The zero-order valence-electron chi connectivity index (χ0n) is 17.5. The predicted molar refractivity (Wildman–Crippen MR) is 115 cm³/mol. The van der Waals surface area contributed by atoms with E-state index in [2.05, 4.69) is 22.2 Å².